The van der Waals surface area contributed by atoms with E-state index in [0.29, 0.717) is 11.4 Å². The first-order valence-electron chi connectivity index (χ1n) is 6.30. The second-order valence-corrected chi connectivity index (χ2v) is 5.42. The van der Waals surface area contributed by atoms with Crippen LogP contribution in [0.25, 0.3) is 10.6 Å². The lowest BCUT2D eigenvalue weighted by molar-refractivity contribution is -0.120. The molecule has 0 saturated heterocycles. The number of carbonyl (C=O) groups is 1. The van der Waals surface area contributed by atoms with Crippen molar-refractivity contribution in [2.24, 2.45) is 0 Å². The predicted octanol–water partition coefficient (Wildman–Crippen LogP) is 1.43. The number of benzene rings is 1. The van der Waals surface area contributed by atoms with Crippen molar-refractivity contribution < 1.29 is 9.90 Å². The Hall–Kier alpha value is -1.92. The van der Waals surface area contributed by atoms with E-state index in [1.807, 2.05) is 29.6 Å². The Kier molecular flexibility index (Phi) is 4.70. The molecule has 2 aromatic rings. The second-order valence-electron chi connectivity index (χ2n) is 4.56. The fourth-order valence-corrected chi connectivity index (χ4v) is 2.56. The van der Waals surface area contributed by atoms with Gasteiger partial charge in [0, 0.05) is 23.2 Å². The quantitative estimate of drug-likeness (QED) is 0.727. The first kappa shape index (κ1) is 14.5. The van der Waals surface area contributed by atoms with E-state index in [-0.39, 0.29) is 18.9 Å². The predicted molar refractivity (Wildman–Crippen MR) is 80.4 cm³/mol. The number of nitrogen functional groups attached to an aromatic ring is 1. The van der Waals surface area contributed by atoms with Gasteiger partial charge in [-0.05, 0) is 19.1 Å². The maximum absolute atomic E-state index is 11.6. The average molecular weight is 291 g/mol. The largest absolute Gasteiger partial charge is 0.398 e. The zero-order valence-electron chi connectivity index (χ0n) is 11.2. The van der Waals surface area contributed by atoms with Gasteiger partial charge in [-0.1, -0.05) is 12.1 Å². The number of carbonyl (C=O) groups excluding carboxylic acids is 1. The molecular formula is C14H17N3O2S. The number of aliphatic hydroxyl groups is 1. The third-order valence-electron chi connectivity index (χ3n) is 2.68. The molecule has 0 spiro atoms. The summed E-state index contributed by atoms with van der Waals surface area (Å²) in [6.45, 7) is 1.88. The molecule has 1 amide bonds. The average Bonchev–Trinajstić information content (AvgIpc) is 2.85. The molecule has 106 valence electrons. The number of thiazole rings is 1. The molecule has 6 heteroatoms. The van der Waals surface area contributed by atoms with Crippen LogP contribution in [0.1, 0.15) is 12.6 Å². The summed E-state index contributed by atoms with van der Waals surface area (Å²) in [6.07, 6.45) is -0.343. The van der Waals surface area contributed by atoms with Crippen LogP contribution in [-0.2, 0) is 11.2 Å². The first-order chi connectivity index (χ1) is 9.56. The highest BCUT2D eigenvalue weighted by Crippen LogP contribution is 2.28. The minimum absolute atomic E-state index is 0.149. The molecule has 1 aromatic heterocycles. The second kappa shape index (κ2) is 6.49. The van der Waals surface area contributed by atoms with Gasteiger partial charge in [0.05, 0.1) is 18.2 Å². The van der Waals surface area contributed by atoms with E-state index in [1.165, 1.54) is 11.3 Å². The lowest BCUT2D eigenvalue weighted by Gasteiger charge is -2.05. The smallest absolute Gasteiger partial charge is 0.226 e. The molecule has 0 radical (unpaired) electrons. The minimum atomic E-state index is -0.547. The summed E-state index contributed by atoms with van der Waals surface area (Å²) in [7, 11) is 0. The number of nitrogens with two attached hydrogens (primary N) is 1. The molecule has 0 saturated carbocycles. The molecule has 0 fully saturated rings. The summed E-state index contributed by atoms with van der Waals surface area (Å²) >= 11 is 1.46. The van der Waals surface area contributed by atoms with Crippen LogP contribution < -0.4 is 11.1 Å². The summed E-state index contributed by atoms with van der Waals surface area (Å²) in [5.74, 6) is -0.149. The van der Waals surface area contributed by atoms with Crippen molar-refractivity contribution in [1.29, 1.82) is 0 Å². The van der Waals surface area contributed by atoms with Crippen molar-refractivity contribution in [3.05, 3.63) is 35.3 Å². The Morgan fingerprint density at radius 3 is 2.95 bits per heavy atom. The maximum atomic E-state index is 11.6. The molecule has 2 rings (SSSR count). The number of aliphatic hydroxyl groups excluding tert-OH is 1. The monoisotopic (exact) mass is 291 g/mol. The van der Waals surface area contributed by atoms with E-state index >= 15 is 0 Å². The van der Waals surface area contributed by atoms with Gasteiger partial charge in [-0.2, -0.15) is 0 Å². The third-order valence-corrected chi connectivity index (χ3v) is 3.60. The SMILES string of the molecule is CC(O)CNC(=O)Cc1csc(-c2ccccc2N)n1. The van der Waals surface area contributed by atoms with Gasteiger partial charge in [0.15, 0.2) is 0 Å². The number of aromatic nitrogens is 1. The maximum Gasteiger partial charge on any atom is 0.226 e. The van der Waals surface area contributed by atoms with Crippen molar-refractivity contribution in [3.63, 3.8) is 0 Å². The summed E-state index contributed by atoms with van der Waals surface area (Å²) in [4.78, 5) is 16.1. The van der Waals surface area contributed by atoms with Crippen LogP contribution in [0, 0.1) is 0 Å². The standard InChI is InChI=1S/C14H17N3O2S/c1-9(18)7-16-13(19)6-10-8-20-14(17-10)11-4-2-3-5-12(11)15/h2-5,8-9,18H,6-7,15H2,1H3,(H,16,19). The van der Waals surface area contributed by atoms with Gasteiger partial charge in [-0.25, -0.2) is 4.98 Å². The van der Waals surface area contributed by atoms with Gasteiger partial charge >= 0.3 is 0 Å². The normalized spacial score (nSPS) is 12.1. The van der Waals surface area contributed by atoms with Crippen LogP contribution in [0.3, 0.4) is 0 Å². The number of hydrogen-bond donors (Lipinski definition) is 3. The number of rotatable bonds is 5. The van der Waals surface area contributed by atoms with E-state index < -0.39 is 6.10 Å². The van der Waals surface area contributed by atoms with Crippen LogP contribution in [0.15, 0.2) is 29.6 Å². The molecule has 0 bridgehead atoms. The Bertz CT molecular complexity index is 596. The molecule has 0 aliphatic carbocycles. The fourth-order valence-electron chi connectivity index (χ4n) is 1.69. The molecular weight excluding hydrogens is 274 g/mol. The summed E-state index contributed by atoms with van der Waals surface area (Å²) in [5, 5.41) is 14.4. The number of hydrogen-bond acceptors (Lipinski definition) is 5. The van der Waals surface area contributed by atoms with E-state index in [9.17, 15) is 4.79 Å². The summed E-state index contributed by atoms with van der Waals surface area (Å²) in [6, 6.07) is 7.51. The van der Waals surface area contributed by atoms with Crippen LogP contribution in [0.5, 0.6) is 0 Å². The number of para-hydroxylation sites is 1. The van der Waals surface area contributed by atoms with Gasteiger partial charge in [-0.15, -0.1) is 11.3 Å². The molecule has 0 aliphatic rings. The van der Waals surface area contributed by atoms with Crippen LogP contribution in [-0.4, -0.2) is 28.6 Å². The molecule has 5 nitrogen and oxygen atoms in total. The fraction of sp³-hybridized carbons (Fsp3) is 0.286. The van der Waals surface area contributed by atoms with Crippen molar-refractivity contribution >= 4 is 22.9 Å². The van der Waals surface area contributed by atoms with Gasteiger partial charge in [0.1, 0.15) is 5.01 Å². The zero-order valence-corrected chi connectivity index (χ0v) is 12.0. The van der Waals surface area contributed by atoms with Crippen molar-refractivity contribution in [3.8, 4) is 10.6 Å². The number of nitrogens with zero attached hydrogens (tertiary/aromatic N) is 1. The number of nitrogens with one attached hydrogen (secondary N) is 1. The van der Waals surface area contributed by atoms with E-state index in [1.54, 1.807) is 6.92 Å². The number of amides is 1. The van der Waals surface area contributed by atoms with Gasteiger partial charge in [0.2, 0.25) is 5.91 Å². The molecule has 20 heavy (non-hydrogen) atoms. The topological polar surface area (TPSA) is 88.2 Å². The Labute approximate surface area is 121 Å². The van der Waals surface area contributed by atoms with Crippen molar-refractivity contribution in [2.45, 2.75) is 19.4 Å². The molecule has 1 heterocycles. The Morgan fingerprint density at radius 1 is 1.50 bits per heavy atom. The highest BCUT2D eigenvalue weighted by atomic mass is 32.1. The van der Waals surface area contributed by atoms with Crippen molar-refractivity contribution in [2.75, 3.05) is 12.3 Å². The third kappa shape index (κ3) is 3.79. The summed E-state index contributed by atoms with van der Waals surface area (Å²) < 4.78 is 0. The molecule has 4 N–H and O–H groups in total. The van der Waals surface area contributed by atoms with Crippen LogP contribution in [0.4, 0.5) is 5.69 Å². The van der Waals surface area contributed by atoms with Gasteiger partial charge in [-0.3, -0.25) is 4.79 Å². The van der Waals surface area contributed by atoms with Gasteiger partial charge < -0.3 is 16.2 Å². The molecule has 1 atom stereocenters. The minimum Gasteiger partial charge on any atom is -0.398 e. The van der Waals surface area contributed by atoms with Crippen molar-refractivity contribution in [1.82, 2.24) is 10.3 Å². The molecule has 1 unspecified atom stereocenters. The highest BCUT2D eigenvalue weighted by molar-refractivity contribution is 7.13. The first-order valence-corrected chi connectivity index (χ1v) is 7.18. The molecule has 0 aliphatic heterocycles. The Balaban J connectivity index is 2.03. The van der Waals surface area contributed by atoms with Crippen LogP contribution in [0.2, 0.25) is 0 Å². The zero-order chi connectivity index (χ0) is 14.5. The molecule has 1 aromatic carbocycles. The van der Waals surface area contributed by atoms with Crippen LogP contribution >= 0.6 is 11.3 Å². The lowest BCUT2D eigenvalue weighted by atomic mass is 10.2. The summed E-state index contributed by atoms with van der Waals surface area (Å²) in [5.41, 5.74) is 8.16. The number of anilines is 1. The van der Waals surface area contributed by atoms with E-state index in [2.05, 4.69) is 10.3 Å². The van der Waals surface area contributed by atoms with Gasteiger partial charge in [0.25, 0.3) is 0 Å². The van der Waals surface area contributed by atoms with E-state index in [0.717, 1.165) is 10.6 Å². The Morgan fingerprint density at radius 2 is 2.25 bits per heavy atom. The highest BCUT2D eigenvalue weighted by Gasteiger charge is 2.10. The lowest BCUT2D eigenvalue weighted by Crippen LogP contribution is -2.31. The van der Waals surface area contributed by atoms with E-state index in [4.69, 9.17) is 10.8 Å².